The highest BCUT2D eigenvalue weighted by atomic mass is 32.2. The second kappa shape index (κ2) is 6.28. The zero-order chi connectivity index (χ0) is 13.8. The largest absolute Gasteiger partial charge is 0.384 e. The van der Waals surface area contributed by atoms with Crippen LogP contribution in [0.4, 0.5) is 0 Å². The van der Waals surface area contributed by atoms with Crippen LogP contribution >= 0.6 is 0 Å². The van der Waals surface area contributed by atoms with E-state index in [-0.39, 0.29) is 6.04 Å². The van der Waals surface area contributed by atoms with Crippen molar-refractivity contribution in [3.8, 4) is 0 Å². The molecule has 1 aromatic rings. The number of nitrogens with two attached hydrogens (primary N) is 1. The van der Waals surface area contributed by atoms with Gasteiger partial charge in [0.1, 0.15) is 16.6 Å². The fraction of sp³-hybridized carbons (Fsp3) is 0.727. The van der Waals surface area contributed by atoms with Crippen molar-refractivity contribution in [3.63, 3.8) is 0 Å². The summed E-state index contributed by atoms with van der Waals surface area (Å²) >= 11 is 0. The minimum atomic E-state index is -1.61. The van der Waals surface area contributed by atoms with Crippen molar-refractivity contribution in [2.75, 3.05) is 0 Å². The highest BCUT2D eigenvalue weighted by molar-refractivity contribution is 7.82. The molecule has 0 aliphatic carbocycles. The maximum atomic E-state index is 11.1. The summed E-state index contributed by atoms with van der Waals surface area (Å²) < 4.78 is 12.7. The topological polar surface area (TPSA) is 81.1 Å². The quantitative estimate of drug-likeness (QED) is 0.869. The molecule has 0 aliphatic heterocycles. The van der Waals surface area contributed by atoms with Gasteiger partial charge in [-0.25, -0.2) is 9.35 Å². The number of aliphatic hydroxyl groups is 1. The van der Waals surface area contributed by atoms with E-state index in [2.05, 4.69) is 5.10 Å². The minimum Gasteiger partial charge on any atom is -0.384 e. The van der Waals surface area contributed by atoms with Crippen LogP contribution in [0.2, 0.25) is 0 Å². The van der Waals surface area contributed by atoms with Gasteiger partial charge in [-0.05, 0) is 27.7 Å². The fourth-order valence-electron chi connectivity index (χ4n) is 1.32. The molecule has 0 aromatic carbocycles. The lowest BCUT2D eigenvalue weighted by molar-refractivity contribution is 0.0669. The van der Waals surface area contributed by atoms with Crippen LogP contribution < -0.4 is 5.14 Å². The zero-order valence-electron chi connectivity index (χ0n) is 11.4. The van der Waals surface area contributed by atoms with E-state index in [0.29, 0.717) is 10.7 Å². The lowest BCUT2D eigenvalue weighted by atomic mass is 10.1. The van der Waals surface area contributed by atoms with Gasteiger partial charge in [-0.3, -0.25) is 4.68 Å². The average molecular weight is 261 g/mol. The first-order chi connectivity index (χ1) is 7.73. The molecule has 1 heterocycles. The zero-order valence-corrected chi connectivity index (χ0v) is 12.2. The molecule has 3 N–H and O–H groups in total. The lowest BCUT2D eigenvalue weighted by Crippen LogP contribution is -2.22. The summed E-state index contributed by atoms with van der Waals surface area (Å²) in [5, 5.41) is 19.6. The van der Waals surface area contributed by atoms with E-state index < -0.39 is 16.6 Å². The first-order valence-corrected chi connectivity index (χ1v) is 6.93. The summed E-state index contributed by atoms with van der Waals surface area (Å²) in [4.78, 5) is 0. The second-order valence-electron chi connectivity index (χ2n) is 4.26. The van der Waals surface area contributed by atoms with E-state index in [1.807, 2.05) is 27.7 Å². The lowest BCUT2D eigenvalue weighted by Gasteiger charge is -2.20. The van der Waals surface area contributed by atoms with Gasteiger partial charge in [-0.1, -0.05) is 13.8 Å². The Hall–Kier alpha value is -0.720. The van der Waals surface area contributed by atoms with E-state index in [1.54, 1.807) is 24.6 Å². The van der Waals surface area contributed by atoms with E-state index in [0.717, 1.165) is 0 Å². The highest BCUT2D eigenvalue weighted by Crippen LogP contribution is 2.24. The summed E-state index contributed by atoms with van der Waals surface area (Å²) in [6.45, 7) is 11.2. The highest BCUT2D eigenvalue weighted by Gasteiger charge is 2.25. The smallest absolute Gasteiger partial charge is 0.164 e. The van der Waals surface area contributed by atoms with E-state index in [9.17, 15) is 9.32 Å². The average Bonchev–Trinajstić information content (AvgIpc) is 2.64. The molecule has 0 radical (unpaired) electrons. The number of nitrogens with zero attached hydrogens (tertiary/aromatic N) is 2. The summed E-state index contributed by atoms with van der Waals surface area (Å²) in [6, 6.07) is 1.67. The van der Waals surface area contributed by atoms with Gasteiger partial charge < -0.3 is 5.11 Å². The third-order valence-electron chi connectivity index (χ3n) is 2.04. The molecule has 5 nitrogen and oxygen atoms in total. The molecule has 0 fully saturated rings. The van der Waals surface area contributed by atoms with E-state index in [4.69, 9.17) is 5.14 Å². The summed E-state index contributed by atoms with van der Waals surface area (Å²) in [6.07, 6.45) is 0. The van der Waals surface area contributed by atoms with Crippen molar-refractivity contribution >= 4 is 11.0 Å². The Balaban J connectivity index is 0.00000121. The van der Waals surface area contributed by atoms with Crippen LogP contribution in [0.1, 0.15) is 53.3 Å². The van der Waals surface area contributed by atoms with Gasteiger partial charge in [-0.2, -0.15) is 5.10 Å². The van der Waals surface area contributed by atoms with Gasteiger partial charge in [0.05, 0.1) is 5.69 Å². The summed E-state index contributed by atoms with van der Waals surface area (Å²) in [7, 11) is -1.61. The molecule has 0 aliphatic rings. The second-order valence-corrected chi connectivity index (χ2v) is 5.28. The molecule has 1 unspecified atom stereocenters. The Morgan fingerprint density at radius 3 is 2.18 bits per heavy atom. The molecule has 1 aromatic heterocycles. The maximum absolute atomic E-state index is 11.1. The Labute approximate surface area is 106 Å². The minimum absolute atomic E-state index is 0.0868. The predicted octanol–water partition coefficient (Wildman–Crippen LogP) is 1.70. The van der Waals surface area contributed by atoms with Crippen molar-refractivity contribution < 1.29 is 9.32 Å². The molecule has 6 heteroatoms. The molecule has 0 saturated carbocycles. The van der Waals surface area contributed by atoms with Crippen molar-refractivity contribution in [1.29, 1.82) is 0 Å². The summed E-state index contributed by atoms with van der Waals surface area (Å²) in [5.41, 5.74) is -0.402. The van der Waals surface area contributed by atoms with E-state index >= 15 is 0 Å². The maximum Gasteiger partial charge on any atom is 0.164 e. The first kappa shape index (κ1) is 16.3. The van der Waals surface area contributed by atoms with Crippen LogP contribution in [-0.4, -0.2) is 19.1 Å². The van der Waals surface area contributed by atoms with Gasteiger partial charge in [0.2, 0.25) is 0 Å². The Bertz CT molecular complexity index is 381. The Morgan fingerprint density at radius 1 is 1.47 bits per heavy atom. The van der Waals surface area contributed by atoms with Gasteiger partial charge in [-0.15, -0.1) is 0 Å². The molecule has 0 saturated heterocycles. The van der Waals surface area contributed by atoms with Crippen LogP contribution in [0, 0.1) is 0 Å². The SMILES string of the molecule is CC.CC(C)n1nc(S(N)=O)cc1C(C)(C)O. The van der Waals surface area contributed by atoms with Crippen molar-refractivity contribution in [1.82, 2.24) is 9.78 Å². The fourth-order valence-corrected chi connectivity index (χ4v) is 1.72. The van der Waals surface area contributed by atoms with Crippen molar-refractivity contribution in [2.45, 2.75) is 58.2 Å². The van der Waals surface area contributed by atoms with Crippen LogP contribution in [0.5, 0.6) is 0 Å². The Kier molecular flexibility index (Phi) is 6.01. The molecular formula is C11H23N3O2S. The number of aromatic nitrogens is 2. The first-order valence-electron chi connectivity index (χ1n) is 5.72. The Morgan fingerprint density at radius 2 is 1.94 bits per heavy atom. The third-order valence-corrected chi connectivity index (χ3v) is 2.65. The van der Waals surface area contributed by atoms with Crippen LogP contribution in [0.25, 0.3) is 0 Å². The van der Waals surface area contributed by atoms with Gasteiger partial charge >= 0.3 is 0 Å². The van der Waals surface area contributed by atoms with Gasteiger partial charge in [0.15, 0.2) is 5.03 Å². The molecule has 100 valence electrons. The van der Waals surface area contributed by atoms with Crippen LogP contribution in [0.3, 0.4) is 0 Å². The predicted molar refractivity (Wildman–Crippen MR) is 69.8 cm³/mol. The molecule has 1 rings (SSSR count). The summed E-state index contributed by atoms with van der Waals surface area (Å²) in [5.74, 6) is 0. The number of hydrogen-bond acceptors (Lipinski definition) is 3. The van der Waals surface area contributed by atoms with Crippen molar-refractivity contribution in [2.24, 2.45) is 5.14 Å². The molecule has 0 spiro atoms. The molecule has 17 heavy (non-hydrogen) atoms. The van der Waals surface area contributed by atoms with Crippen LogP contribution in [-0.2, 0) is 16.6 Å². The van der Waals surface area contributed by atoms with Gasteiger partial charge in [0, 0.05) is 12.1 Å². The van der Waals surface area contributed by atoms with E-state index in [1.165, 1.54) is 0 Å². The molecule has 0 bridgehead atoms. The molecule has 1 atom stereocenters. The van der Waals surface area contributed by atoms with Crippen molar-refractivity contribution in [3.05, 3.63) is 11.8 Å². The normalized spacial score (nSPS) is 13.2. The molecular weight excluding hydrogens is 238 g/mol. The third kappa shape index (κ3) is 4.22. The molecule has 0 amide bonds. The number of hydrogen-bond donors (Lipinski definition) is 2. The standard InChI is InChI=1S/C9H17N3O2S.C2H6/c1-6(2)12-7(9(3,4)13)5-8(11-12)15(10)14;1-2/h5-6,13H,10H2,1-4H3;1-2H3. The van der Waals surface area contributed by atoms with Crippen LogP contribution in [0.15, 0.2) is 11.1 Å². The monoisotopic (exact) mass is 261 g/mol. The number of rotatable bonds is 3. The van der Waals surface area contributed by atoms with Gasteiger partial charge in [0.25, 0.3) is 0 Å².